The molecule has 0 fully saturated rings. The molecule has 0 aliphatic heterocycles. The standard InChI is InChI=1S/C18H15F2N3O2/c1-11-2-3-13(8-15(11)20)18(21)23-24-10-17-22-9-16(25-17)12-4-6-14(19)7-5-12/h2-9H,10H2,1H3,(H2,21,23). The fraction of sp³-hybridized carbons (Fsp3) is 0.111. The van der Waals surface area contributed by atoms with Crippen LogP contribution in [0.4, 0.5) is 8.78 Å². The number of nitrogens with zero attached hydrogens (tertiary/aromatic N) is 2. The summed E-state index contributed by atoms with van der Waals surface area (Å²) in [5.41, 5.74) is 7.39. The maximum atomic E-state index is 13.5. The Labute approximate surface area is 142 Å². The molecular weight excluding hydrogens is 328 g/mol. The number of benzene rings is 2. The van der Waals surface area contributed by atoms with E-state index in [1.165, 1.54) is 24.4 Å². The van der Waals surface area contributed by atoms with Crippen LogP contribution in [0.15, 0.2) is 58.2 Å². The summed E-state index contributed by atoms with van der Waals surface area (Å²) >= 11 is 0. The van der Waals surface area contributed by atoms with Gasteiger partial charge in [-0.05, 0) is 42.8 Å². The van der Waals surface area contributed by atoms with Crippen LogP contribution in [0, 0.1) is 18.6 Å². The number of amidine groups is 1. The monoisotopic (exact) mass is 343 g/mol. The first kappa shape index (κ1) is 16.6. The Morgan fingerprint density at radius 2 is 1.96 bits per heavy atom. The summed E-state index contributed by atoms with van der Waals surface area (Å²) in [6.45, 7) is 1.61. The molecule has 0 radical (unpaired) electrons. The molecular formula is C18H15F2N3O2. The Bertz CT molecular complexity index is 905. The highest BCUT2D eigenvalue weighted by Crippen LogP contribution is 2.21. The second-order valence-electron chi connectivity index (χ2n) is 5.34. The third-order valence-electron chi connectivity index (χ3n) is 3.50. The van der Waals surface area contributed by atoms with E-state index in [-0.39, 0.29) is 30.0 Å². The highest BCUT2D eigenvalue weighted by atomic mass is 19.1. The van der Waals surface area contributed by atoms with Gasteiger partial charge >= 0.3 is 0 Å². The van der Waals surface area contributed by atoms with E-state index in [2.05, 4.69) is 10.1 Å². The molecule has 0 aliphatic rings. The summed E-state index contributed by atoms with van der Waals surface area (Å²) in [6.07, 6.45) is 1.51. The van der Waals surface area contributed by atoms with Gasteiger partial charge in [0, 0.05) is 11.1 Å². The van der Waals surface area contributed by atoms with Crippen LogP contribution < -0.4 is 5.73 Å². The van der Waals surface area contributed by atoms with Crippen LogP contribution in [0.3, 0.4) is 0 Å². The molecule has 5 nitrogen and oxygen atoms in total. The third kappa shape index (κ3) is 4.00. The lowest BCUT2D eigenvalue weighted by Crippen LogP contribution is -2.14. The number of hydrogen-bond donors (Lipinski definition) is 1. The lowest BCUT2D eigenvalue weighted by Gasteiger charge is -2.02. The zero-order chi connectivity index (χ0) is 17.8. The molecule has 0 saturated carbocycles. The first-order valence-corrected chi connectivity index (χ1v) is 7.45. The molecule has 0 saturated heterocycles. The van der Waals surface area contributed by atoms with Crippen molar-refractivity contribution in [1.82, 2.24) is 4.98 Å². The SMILES string of the molecule is Cc1ccc(/C(N)=N/OCc2ncc(-c3ccc(F)cc3)o2)cc1F. The number of halogens is 2. The molecule has 0 unspecified atom stereocenters. The summed E-state index contributed by atoms with van der Waals surface area (Å²) in [6, 6.07) is 10.4. The minimum atomic E-state index is -0.368. The Morgan fingerprint density at radius 3 is 2.68 bits per heavy atom. The van der Waals surface area contributed by atoms with Crippen LogP contribution in [0.2, 0.25) is 0 Å². The number of rotatable bonds is 5. The number of oxazole rings is 1. The summed E-state index contributed by atoms with van der Waals surface area (Å²) in [5, 5.41) is 3.73. The van der Waals surface area contributed by atoms with Gasteiger partial charge in [-0.3, -0.25) is 0 Å². The first-order valence-electron chi connectivity index (χ1n) is 7.45. The van der Waals surface area contributed by atoms with Crippen LogP contribution in [0.1, 0.15) is 17.0 Å². The fourth-order valence-corrected chi connectivity index (χ4v) is 2.09. The molecule has 0 atom stereocenters. The van der Waals surface area contributed by atoms with Crippen LogP contribution in [0.5, 0.6) is 0 Å². The fourth-order valence-electron chi connectivity index (χ4n) is 2.09. The predicted molar refractivity (Wildman–Crippen MR) is 88.5 cm³/mol. The molecule has 128 valence electrons. The van der Waals surface area contributed by atoms with E-state index in [0.29, 0.717) is 22.5 Å². The summed E-state index contributed by atoms with van der Waals surface area (Å²) in [4.78, 5) is 9.15. The van der Waals surface area contributed by atoms with Crippen LogP contribution >= 0.6 is 0 Å². The lowest BCUT2D eigenvalue weighted by molar-refractivity contribution is 0.111. The van der Waals surface area contributed by atoms with E-state index in [1.54, 1.807) is 31.2 Å². The predicted octanol–water partition coefficient (Wildman–Crippen LogP) is 3.77. The van der Waals surface area contributed by atoms with Gasteiger partial charge in [0.05, 0.1) is 6.20 Å². The average molecular weight is 343 g/mol. The largest absolute Gasteiger partial charge is 0.437 e. The molecule has 3 aromatic rings. The van der Waals surface area contributed by atoms with Crippen molar-refractivity contribution in [3.05, 3.63) is 77.3 Å². The van der Waals surface area contributed by atoms with Gasteiger partial charge in [-0.25, -0.2) is 13.8 Å². The first-order chi connectivity index (χ1) is 12.0. The Kier molecular flexibility index (Phi) is 4.74. The minimum absolute atomic E-state index is 0.0454. The van der Waals surface area contributed by atoms with Crippen molar-refractivity contribution < 1.29 is 18.0 Å². The van der Waals surface area contributed by atoms with E-state index in [0.717, 1.165) is 0 Å². The molecule has 1 heterocycles. The lowest BCUT2D eigenvalue weighted by atomic mass is 10.1. The van der Waals surface area contributed by atoms with E-state index in [9.17, 15) is 8.78 Å². The summed E-state index contributed by atoms with van der Waals surface area (Å²) in [5.74, 6) is 0.114. The molecule has 0 aliphatic carbocycles. The average Bonchev–Trinajstić information content (AvgIpc) is 3.06. The van der Waals surface area contributed by atoms with Crippen molar-refractivity contribution >= 4 is 5.84 Å². The smallest absolute Gasteiger partial charge is 0.235 e. The van der Waals surface area contributed by atoms with E-state index >= 15 is 0 Å². The molecule has 1 aromatic heterocycles. The molecule has 0 spiro atoms. The second-order valence-corrected chi connectivity index (χ2v) is 5.34. The number of aromatic nitrogens is 1. The number of aryl methyl sites for hydroxylation is 1. The van der Waals surface area contributed by atoms with Gasteiger partial charge in [-0.1, -0.05) is 17.3 Å². The summed E-state index contributed by atoms with van der Waals surface area (Å²) in [7, 11) is 0. The van der Waals surface area contributed by atoms with Crippen molar-refractivity contribution in [2.24, 2.45) is 10.9 Å². The van der Waals surface area contributed by atoms with Crippen LogP contribution in [0.25, 0.3) is 11.3 Å². The van der Waals surface area contributed by atoms with Gasteiger partial charge in [0.2, 0.25) is 5.89 Å². The Hall–Kier alpha value is -3.22. The molecule has 25 heavy (non-hydrogen) atoms. The molecule has 2 aromatic carbocycles. The van der Waals surface area contributed by atoms with Gasteiger partial charge < -0.3 is 15.0 Å². The van der Waals surface area contributed by atoms with Crippen molar-refractivity contribution in [2.75, 3.05) is 0 Å². The highest BCUT2D eigenvalue weighted by molar-refractivity contribution is 5.97. The number of hydrogen-bond acceptors (Lipinski definition) is 4. The maximum absolute atomic E-state index is 13.5. The molecule has 7 heteroatoms. The Morgan fingerprint density at radius 1 is 1.20 bits per heavy atom. The van der Waals surface area contributed by atoms with E-state index in [4.69, 9.17) is 15.0 Å². The highest BCUT2D eigenvalue weighted by Gasteiger charge is 2.08. The van der Waals surface area contributed by atoms with Gasteiger partial charge in [0.1, 0.15) is 11.6 Å². The molecule has 2 N–H and O–H groups in total. The summed E-state index contributed by atoms with van der Waals surface area (Å²) < 4.78 is 31.9. The molecule has 3 rings (SSSR count). The minimum Gasteiger partial charge on any atom is -0.437 e. The topological polar surface area (TPSA) is 73.6 Å². The normalized spacial score (nSPS) is 11.6. The van der Waals surface area contributed by atoms with Crippen molar-refractivity contribution in [2.45, 2.75) is 13.5 Å². The quantitative estimate of drug-likeness (QED) is 0.435. The zero-order valence-corrected chi connectivity index (χ0v) is 13.4. The number of oxime groups is 1. The Balaban J connectivity index is 1.63. The number of nitrogens with two attached hydrogens (primary N) is 1. The van der Waals surface area contributed by atoms with Gasteiger partial charge in [-0.15, -0.1) is 0 Å². The van der Waals surface area contributed by atoms with Crippen LogP contribution in [-0.4, -0.2) is 10.8 Å². The van der Waals surface area contributed by atoms with Gasteiger partial charge in [0.25, 0.3) is 0 Å². The zero-order valence-electron chi connectivity index (χ0n) is 13.4. The van der Waals surface area contributed by atoms with E-state index < -0.39 is 0 Å². The van der Waals surface area contributed by atoms with Crippen molar-refractivity contribution in [1.29, 1.82) is 0 Å². The van der Waals surface area contributed by atoms with Gasteiger partial charge in [-0.2, -0.15) is 0 Å². The van der Waals surface area contributed by atoms with Crippen LogP contribution in [-0.2, 0) is 11.4 Å². The van der Waals surface area contributed by atoms with Crippen molar-refractivity contribution in [3.8, 4) is 11.3 Å². The maximum Gasteiger partial charge on any atom is 0.235 e. The molecule has 0 amide bonds. The molecule has 0 bridgehead atoms. The van der Waals surface area contributed by atoms with Crippen molar-refractivity contribution in [3.63, 3.8) is 0 Å². The third-order valence-corrected chi connectivity index (χ3v) is 3.50. The van der Waals surface area contributed by atoms with E-state index in [1.807, 2.05) is 0 Å². The van der Waals surface area contributed by atoms with Gasteiger partial charge in [0.15, 0.2) is 18.2 Å². The second kappa shape index (κ2) is 7.12.